The number of carbonyl (C=O) groups is 2. The number of hydrogen-bond donors (Lipinski definition) is 3. The van der Waals surface area contributed by atoms with Gasteiger partial charge in [-0.1, -0.05) is 40.2 Å². The summed E-state index contributed by atoms with van der Waals surface area (Å²) in [6, 6.07) is 15.0. The van der Waals surface area contributed by atoms with Crippen LogP contribution in [0.3, 0.4) is 0 Å². The summed E-state index contributed by atoms with van der Waals surface area (Å²) in [5.74, 6) is -0.846. The Hall–Kier alpha value is -3.26. The van der Waals surface area contributed by atoms with Gasteiger partial charge in [-0.15, -0.1) is 0 Å². The molecule has 0 atom stereocenters. The van der Waals surface area contributed by atoms with Crippen molar-refractivity contribution in [2.45, 2.75) is 6.42 Å². The number of nitrogens with one attached hydrogen (secondary N) is 2. The highest BCUT2D eigenvalue weighted by atomic mass is 79.9. The van der Waals surface area contributed by atoms with E-state index < -0.39 is 11.9 Å². The number of aliphatic carboxylic acids is 1. The molecule has 1 amide bonds. The molecule has 0 unspecified atom stereocenters. The van der Waals surface area contributed by atoms with Gasteiger partial charge in [-0.3, -0.25) is 14.9 Å². The van der Waals surface area contributed by atoms with Crippen LogP contribution in [0.5, 0.6) is 0 Å². The van der Waals surface area contributed by atoms with Crippen LogP contribution in [0.4, 0.5) is 17.5 Å². The number of carbonyl (C=O) groups excluding carboxylic acids is 1. The highest BCUT2D eigenvalue weighted by Crippen LogP contribution is 2.26. The van der Waals surface area contributed by atoms with Gasteiger partial charge < -0.3 is 10.4 Å². The van der Waals surface area contributed by atoms with Crippen molar-refractivity contribution < 1.29 is 14.7 Å². The minimum absolute atomic E-state index is 0.121. The minimum atomic E-state index is -1.01. The van der Waals surface area contributed by atoms with Gasteiger partial charge in [0.1, 0.15) is 5.82 Å². The number of anilines is 3. The second kappa shape index (κ2) is 8.41. The van der Waals surface area contributed by atoms with Crippen molar-refractivity contribution in [3.8, 4) is 0 Å². The summed E-state index contributed by atoms with van der Waals surface area (Å²) in [5, 5.41) is 15.2. The van der Waals surface area contributed by atoms with Gasteiger partial charge in [0, 0.05) is 15.5 Å². The zero-order chi connectivity index (χ0) is 19.2. The zero-order valence-corrected chi connectivity index (χ0v) is 15.6. The van der Waals surface area contributed by atoms with Crippen LogP contribution in [0.15, 0.2) is 65.2 Å². The summed E-state index contributed by atoms with van der Waals surface area (Å²) in [6.07, 6.45) is 2.18. The third-order valence-corrected chi connectivity index (χ3v) is 3.98. The first-order valence-corrected chi connectivity index (χ1v) is 8.79. The van der Waals surface area contributed by atoms with Crippen LogP contribution in [-0.2, 0) is 9.59 Å². The molecule has 27 heavy (non-hydrogen) atoms. The van der Waals surface area contributed by atoms with Gasteiger partial charge in [0.2, 0.25) is 11.9 Å². The Morgan fingerprint density at radius 3 is 2.70 bits per heavy atom. The normalized spacial score (nSPS) is 10.9. The number of benzene rings is 2. The number of carboxylic acids is 1. The maximum atomic E-state index is 11.9. The fourth-order valence-electron chi connectivity index (χ4n) is 2.35. The maximum absolute atomic E-state index is 11.9. The van der Waals surface area contributed by atoms with Crippen LogP contribution < -0.4 is 10.6 Å². The number of amides is 1. The monoisotopic (exact) mass is 426 g/mol. The van der Waals surface area contributed by atoms with E-state index in [1.54, 1.807) is 0 Å². The third kappa shape index (κ3) is 5.11. The minimum Gasteiger partial charge on any atom is -0.481 e. The molecule has 0 spiro atoms. The predicted octanol–water partition coefficient (Wildman–Crippen LogP) is 4.11. The molecule has 8 heteroatoms. The van der Waals surface area contributed by atoms with Crippen molar-refractivity contribution in [2.75, 3.05) is 10.6 Å². The molecule has 3 aromatic rings. The lowest BCUT2D eigenvalue weighted by molar-refractivity contribution is -0.136. The number of para-hydroxylation sites is 1. The fraction of sp³-hybridized carbons (Fsp3) is 0.0526. The first-order chi connectivity index (χ1) is 13.0. The van der Waals surface area contributed by atoms with Crippen LogP contribution >= 0.6 is 15.9 Å². The van der Waals surface area contributed by atoms with E-state index in [1.165, 1.54) is 6.08 Å². The Morgan fingerprint density at radius 1 is 1.11 bits per heavy atom. The molecule has 0 aliphatic rings. The molecule has 0 fully saturated rings. The van der Waals surface area contributed by atoms with Crippen LogP contribution in [0.2, 0.25) is 0 Å². The molecule has 0 aliphatic heterocycles. The standard InChI is InChI=1S/C19H15BrN4O3/c20-12-5-3-6-13(11-12)21-18-14-7-1-2-8-15(14)22-19(24-18)23-16(25)9-4-10-17(26)27/h1-9,11H,10H2,(H,26,27)(H2,21,22,23,24,25). The van der Waals surface area contributed by atoms with Crippen molar-refractivity contribution in [3.63, 3.8) is 0 Å². The molecule has 0 saturated carbocycles. The number of rotatable bonds is 6. The maximum Gasteiger partial charge on any atom is 0.307 e. The van der Waals surface area contributed by atoms with E-state index in [2.05, 4.69) is 36.5 Å². The Morgan fingerprint density at radius 2 is 1.93 bits per heavy atom. The summed E-state index contributed by atoms with van der Waals surface area (Å²) in [7, 11) is 0. The average Bonchev–Trinajstić information content (AvgIpc) is 2.61. The largest absolute Gasteiger partial charge is 0.481 e. The van der Waals surface area contributed by atoms with Crippen LogP contribution in [-0.4, -0.2) is 27.0 Å². The van der Waals surface area contributed by atoms with Crippen LogP contribution in [0.25, 0.3) is 10.9 Å². The SMILES string of the molecule is O=C(O)CC=CC(=O)Nc1nc(Nc2cccc(Br)c2)c2ccccc2n1. The number of halogens is 1. The van der Waals surface area contributed by atoms with Crippen molar-refractivity contribution in [1.82, 2.24) is 9.97 Å². The average molecular weight is 427 g/mol. The van der Waals surface area contributed by atoms with E-state index in [0.29, 0.717) is 11.3 Å². The lowest BCUT2D eigenvalue weighted by Gasteiger charge is -2.11. The highest BCUT2D eigenvalue weighted by molar-refractivity contribution is 9.10. The quantitative estimate of drug-likeness (QED) is 0.512. The summed E-state index contributed by atoms with van der Waals surface area (Å²) >= 11 is 3.43. The summed E-state index contributed by atoms with van der Waals surface area (Å²) in [5.41, 5.74) is 1.49. The Kier molecular flexibility index (Phi) is 5.77. The molecular formula is C19H15BrN4O3. The van der Waals surface area contributed by atoms with Gasteiger partial charge in [-0.2, -0.15) is 4.98 Å². The Bertz CT molecular complexity index is 1040. The molecule has 2 aromatic carbocycles. The van der Waals surface area contributed by atoms with Crippen molar-refractivity contribution in [1.29, 1.82) is 0 Å². The fourth-order valence-corrected chi connectivity index (χ4v) is 2.75. The van der Waals surface area contributed by atoms with Crippen molar-refractivity contribution in [3.05, 3.63) is 65.2 Å². The highest BCUT2D eigenvalue weighted by Gasteiger charge is 2.09. The first kappa shape index (κ1) is 18.5. The number of carboxylic acid groups (broad SMARTS) is 1. The lowest BCUT2D eigenvalue weighted by atomic mass is 10.2. The smallest absolute Gasteiger partial charge is 0.307 e. The molecule has 136 valence electrons. The van der Waals surface area contributed by atoms with Crippen LogP contribution in [0.1, 0.15) is 6.42 Å². The topological polar surface area (TPSA) is 104 Å². The van der Waals surface area contributed by atoms with Crippen molar-refractivity contribution in [2.24, 2.45) is 0 Å². The number of hydrogen-bond acceptors (Lipinski definition) is 5. The van der Waals surface area contributed by atoms with Gasteiger partial charge >= 0.3 is 5.97 Å². The van der Waals surface area contributed by atoms with Gasteiger partial charge in [-0.25, -0.2) is 4.98 Å². The molecule has 1 aromatic heterocycles. The predicted molar refractivity (Wildman–Crippen MR) is 107 cm³/mol. The van der Waals surface area contributed by atoms with Crippen molar-refractivity contribution >= 4 is 56.2 Å². The number of fused-ring (bicyclic) bond motifs is 1. The second-order valence-electron chi connectivity index (χ2n) is 5.54. The molecule has 0 aliphatic carbocycles. The molecule has 3 N–H and O–H groups in total. The second-order valence-corrected chi connectivity index (χ2v) is 6.45. The summed E-state index contributed by atoms with van der Waals surface area (Å²) < 4.78 is 0.919. The number of nitrogens with zero attached hydrogens (tertiary/aromatic N) is 2. The Labute approximate surface area is 163 Å². The van der Waals surface area contributed by atoms with Crippen LogP contribution in [0, 0.1) is 0 Å². The van der Waals surface area contributed by atoms with E-state index in [1.807, 2.05) is 48.5 Å². The van der Waals surface area contributed by atoms with Gasteiger partial charge in [0.05, 0.1) is 11.9 Å². The lowest BCUT2D eigenvalue weighted by Crippen LogP contribution is -2.12. The van der Waals surface area contributed by atoms with E-state index in [4.69, 9.17) is 5.11 Å². The Balaban J connectivity index is 1.89. The van der Waals surface area contributed by atoms with Gasteiger partial charge in [0.15, 0.2) is 0 Å². The van der Waals surface area contributed by atoms with Gasteiger partial charge in [0.25, 0.3) is 0 Å². The molecule has 1 heterocycles. The third-order valence-electron chi connectivity index (χ3n) is 3.49. The van der Waals surface area contributed by atoms with Gasteiger partial charge in [-0.05, 0) is 36.4 Å². The van der Waals surface area contributed by atoms with E-state index >= 15 is 0 Å². The zero-order valence-electron chi connectivity index (χ0n) is 14.0. The molecule has 0 bridgehead atoms. The van der Waals surface area contributed by atoms with E-state index in [9.17, 15) is 9.59 Å². The summed E-state index contributed by atoms with van der Waals surface area (Å²) in [6.45, 7) is 0. The molecular weight excluding hydrogens is 412 g/mol. The number of aromatic nitrogens is 2. The summed E-state index contributed by atoms with van der Waals surface area (Å²) in [4.78, 5) is 31.2. The molecule has 3 rings (SSSR count). The molecule has 0 saturated heterocycles. The first-order valence-electron chi connectivity index (χ1n) is 8.00. The van der Waals surface area contributed by atoms with E-state index in [-0.39, 0.29) is 12.4 Å². The molecule has 0 radical (unpaired) electrons. The van der Waals surface area contributed by atoms with E-state index in [0.717, 1.165) is 21.6 Å². The molecule has 7 nitrogen and oxygen atoms in total.